The molecular formula is C12H16N4O3S. The Hall–Kier alpha value is -2.06. The first kappa shape index (κ1) is 14.4. The van der Waals surface area contributed by atoms with Gasteiger partial charge in [0, 0.05) is 31.0 Å². The van der Waals surface area contributed by atoms with E-state index in [9.17, 15) is 13.5 Å². The molecule has 0 saturated heterocycles. The Bertz CT molecular complexity index is 718. The predicted molar refractivity (Wildman–Crippen MR) is 74.5 cm³/mol. The van der Waals surface area contributed by atoms with E-state index in [4.69, 9.17) is 5.73 Å². The average Bonchev–Trinajstić information content (AvgIpc) is 2.72. The number of aromatic hydroxyl groups is 1. The third-order valence-electron chi connectivity index (χ3n) is 2.92. The van der Waals surface area contributed by atoms with E-state index in [0.717, 1.165) is 0 Å². The summed E-state index contributed by atoms with van der Waals surface area (Å²) in [5, 5.41) is 9.59. The molecule has 7 nitrogen and oxygen atoms in total. The number of imidazole rings is 1. The number of benzene rings is 1. The maximum Gasteiger partial charge on any atom is 0.259 e. The van der Waals surface area contributed by atoms with Crippen molar-refractivity contribution in [3.63, 3.8) is 0 Å². The van der Waals surface area contributed by atoms with Crippen molar-refractivity contribution in [3.8, 4) is 5.75 Å². The molecule has 1 aromatic carbocycles. The van der Waals surface area contributed by atoms with E-state index < -0.39 is 10.0 Å². The number of nitrogens with one attached hydrogen (secondary N) is 1. The largest absolute Gasteiger partial charge is 0.508 e. The summed E-state index contributed by atoms with van der Waals surface area (Å²) in [6.45, 7) is 1.65. The molecule has 1 heterocycles. The molecule has 0 fully saturated rings. The molecule has 2 aromatic rings. The van der Waals surface area contributed by atoms with E-state index >= 15 is 0 Å². The number of nitrogen functional groups attached to an aromatic ring is 1. The Morgan fingerprint density at radius 1 is 1.45 bits per heavy atom. The van der Waals surface area contributed by atoms with Crippen LogP contribution < -0.4 is 10.5 Å². The minimum Gasteiger partial charge on any atom is -0.508 e. The highest BCUT2D eigenvalue weighted by molar-refractivity contribution is 7.89. The predicted octanol–water partition coefficient (Wildman–Crippen LogP) is 0.495. The molecule has 108 valence electrons. The molecule has 0 radical (unpaired) electrons. The third kappa shape index (κ3) is 2.91. The number of nitrogens with two attached hydrogens (primary N) is 1. The van der Waals surface area contributed by atoms with E-state index in [-0.39, 0.29) is 17.3 Å². The lowest BCUT2D eigenvalue weighted by molar-refractivity contribution is 0.467. The van der Waals surface area contributed by atoms with Crippen LogP contribution >= 0.6 is 0 Å². The maximum atomic E-state index is 12.1. The van der Waals surface area contributed by atoms with Crippen molar-refractivity contribution in [3.05, 3.63) is 35.8 Å². The summed E-state index contributed by atoms with van der Waals surface area (Å²) >= 11 is 0. The van der Waals surface area contributed by atoms with Crippen molar-refractivity contribution in [2.24, 2.45) is 7.05 Å². The van der Waals surface area contributed by atoms with Crippen LogP contribution in [0.2, 0.25) is 0 Å². The van der Waals surface area contributed by atoms with Crippen LogP contribution in [0, 0.1) is 6.92 Å². The summed E-state index contributed by atoms with van der Waals surface area (Å²) in [6, 6.07) is 4.47. The van der Waals surface area contributed by atoms with Gasteiger partial charge in [-0.05, 0) is 25.1 Å². The molecule has 0 unspecified atom stereocenters. The highest BCUT2D eigenvalue weighted by Crippen LogP contribution is 2.20. The van der Waals surface area contributed by atoms with Crippen molar-refractivity contribution in [1.82, 2.24) is 14.3 Å². The Labute approximate surface area is 117 Å². The van der Waals surface area contributed by atoms with Gasteiger partial charge >= 0.3 is 0 Å². The van der Waals surface area contributed by atoms with Crippen LogP contribution in [0.5, 0.6) is 5.75 Å². The summed E-state index contributed by atoms with van der Waals surface area (Å²) in [4.78, 5) is 3.96. The van der Waals surface area contributed by atoms with E-state index in [1.807, 2.05) is 0 Å². The second-order valence-corrected chi connectivity index (χ2v) is 6.16. The van der Waals surface area contributed by atoms with E-state index in [1.165, 1.54) is 24.4 Å². The van der Waals surface area contributed by atoms with E-state index in [0.29, 0.717) is 17.1 Å². The number of anilines is 1. The molecule has 0 atom stereocenters. The fourth-order valence-electron chi connectivity index (χ4n) is 1.65. The summed E-state index contributed by atoms with van der Waals surface area (Å²) in [5.74, 6) is 0.580. The smallest absolute Gasteiger partial charge is 0.259 e. The molecule has 8 heteroatoms. The molecule has 0 aliphatic heterocycles. The van der Waals surface area contributed by atoms with Crippen LogP contribution in [0.25, 0.3) is 0 Å². The summed E-state index contributed by atoms with van der Waals surface area (Å²) in [6.07, 6.45) is 1.43. The Morgan fingerprint density at radius 3 is 2.75 bits per heavy atom. The van der Waals surface area contributed by atoms with Gasteiger partial charge in [0.25, 0.3) is 10.0 Å². The zero-order valence-electron chi connectivity index (χ0n) is 11.2. The molecule has 0 aliphatic carbocycles. The minimum absolute atomic E-state index is 0.0147. The lowest BCUT2D eigenvalue weighted by Crippen LogP contribution is -2.23. The second kappa shape index (κ2) is 5.14. The lowest BCUT2D eigenvalue weighted by atomic mass is 10.2. The van der Waals surface area contributed by atoms with Crippen molar-refractivity contribution in [2.45, 2.75) is 18.5 Å². The molecule has 20 heavy (non-hydrogen) atoms. The van der Waals surface area contributed by atoms with Crippen LogP contribution in [-0.4, -0.2) is 23.1 Å². The quantitative estimate of drug-likeness (QED) is 0.562. The molecule has 0 amide bonds. The first-order valence-corrected chi connectivity index (χ1v) is 7.35. The number of phenolic OH excluding ortho intramolecular Hbond substituents is 1. The van der Waals surface area contributed by atoms with Gasteiger partial charge in [-0.3, -0.25) is 0 Å². The fourth-order valence-corrected chi connectivity index (χ4v) is 2.69. The van der Waals surface area contributed by atoms with Crippen molar-refractivity contribution in [2.75, 3.05) is 5.73 Å². The highest BCUT2D eigenvalue weighted by Gasteiger charge is 2.18. The molecule has 0 saturated carbocycles. The van der Waals surface area contributed by atoms with Crippen LogP contribution in [0.4, 0.5) is 5.69 Å². The SMILES string of the molecule is Cc1nc(S(=O)(=O)NCc2cc(N)ccc2O)cn1C. The number of aromatic nitrogens is 2. The molecule has 0 spiro atoms. The number of aryl methyl sites for hydroxylation is 2. The van der Waals surface area contributed by atoms with Gasteiger partial charge in [0.2, 0.25) is 0 Å². The summed E-state index contributed by atoms with van der Waals surface area (Å²) in [7, 11) is -2.01. The van der Waals surface area contributed by atoms with Crippen LogP contribution in [-0.2, 0) is 23.6 Å². The van der Waals surface area contributed by atoms with Crippen molar-refractivity contribution < 1.29 is 13.5 Å². The van der Waals surface area contributed by atoms with Gasteiger partial charge in [-0.1, -0.05) is 0 Å². The number of hydrogen-bond acceptors (Lipinski definition) is 5. The zero-order valence-corrected chi connectivity index (χ0v) is 12.0. The molecule has 1 aromatic heterocycles. The normalized spacial score (nSPS) is 11.7. The van der Waals surface area contributed by atoms with Gasteiger partial charge in [0.15, 0.2) is 5.03 Å². The number of phenols is 1. The standard InChI is InChI=1S/C12H16N4O3S/c1-8-15-12(7-16(8)2)20(18,19)14-6-9-5-10(13)3-4-11(9)17/h3-5,7,14,17H,6,13H2,1-2H3. The van der Waals surface area contributed by atoms with Crippen molar-refractivity contribution in [1.29, 1.82) is 0 Å². The molecule has 2 rings (SSSR count). The van der Waals surface area contributed by atoms with Crippen LogP contribution in [0.15, 0.2) is 29.4 Å². The van der Waals surface area contributed by atoms with Gasteiger partial charge in [0.1, 0.15) is 11.6 Å². The van der Waals surface area contributed by atoms with Crippen molar-refractivity contribution >= 4 is 15.7 Å². The van der Waals surface area contributed by atoms with Crippen LogP contribution in [0.3, 0.4) is 0 Å². The summed E-state index contributed by atoms with van der Waals surface area (Å²) < 4.78 is 28.1. The average molecular weight is 296 g/mol. The van der Waals surface area contributed by atoms with E-state index in [1.54, 1.807) is 18.5 Å². The van der Waals surface area contributed by atoms with E-state index in [2.05, 4.69) is 9.71 Å². The number of sulfonamides is 1. The number of nitrogens with zero attached hydrogens (tertiary/aromatic N) is 2. The Balaban J connectivity index is 2.19. The second-order valence-electron chi connectivity index (χ2n) is 4.45. The fraction of sp³-hybridized carbons (Fsp3) is 0.250. The first-order chi connectivity index (χ1) is 9.29. The van der Waals surface area contributed by atoms with Gasteiger partial charge in [-0.15, -0.1) is 0 Å². The molecule has 0 aliphatic rings. The molecule has 4 N–H and O–H groups in total. The maximum absolute atomic E-state index is 12.1. The number of hydrogen-bond donors (Lipinski definition) is 3. The minimum atomic E-state index is -3.72. The summed E-state index contributed by atoms with van der Waals surface area (Å²) in [5.41, 5.74) is 6.45. The third-order valence-corrected chi connectivity index (χ3v) is 4.19. The monoisotopic (exact) mass is 296 g/mol. The number of rotatable bonds is 4. The molecule has 0 bridgehead atoms. The lowest BCUT2D eigenvalue weighted by Gasteiger charge is -2.07. The van der Waals surface area contributed by atoms with Gasteiger partial charge in [-0.2, -0.15) is 0 Å². The highest BCUT2D eigenvalue weighted by atomic mass is 32.2. The zero-order chi connectivity index (χ0) is 14.9. The Morgan fingerprint density at radius 2 is 2.15 bits per heavy atom. The van der Waals surface area contributed by atoms with Gasteiger partial charge in [-0.25, -0.2) is 18.1 Å². The van der Waals surface area contributed by atoms with Crippen LogP contribution in [0.1, 0.15) is 11.4 Å². The molecular weight excluding hydrogens is 280 g/mol. The first-order valence-electron chi connectivity index (χ1n) is 5.86. The Kier molecular flexibility index (Phi) is 3.69. The van der Waals surface area contributed by atoms with Gasteiger partial charge in [0.05, 0.1) is 0 Å². The topological polar surface area (TPSA) is 110 Å². The van der Waals surface area contributed by atoms with Gasteiger partial charge < -0.3 is 15.4 Å².